The molecule has 0 atom stereocenters. The zero-order chi connectivity index (χ0) is 13.4. The van der Waals surface area contributed by atoms with Gasteiger partial charge in [-0.2, -0.15) is 5.10 Å². The number of rotatable bonds is 8. The maximum atomic E-state index is 11.6. The van der Waals surface area contributed by atoms with Gasteiger partial charge in [0, 0.05) is 12.7 Å². The van der Waals surface area contributed by atoms with Gasteiger partial charge in [0.1, 0.15) is 6.54 Å². The van der Waals surface area contributed by atoms with Crippen molar-refractivity contribution in [2.24, 2.45) is 0 Å². The average molecular weight is 252 g/mol. The van der Waals surface area contributed by atoms with Gasteiger partial charge in [-0.3, -0.25) is 9.48 Å². The minimum atomic E-state index is 0.0256. The first-order chi connectivity index (χ1) is 8.65. The molecule has 0 bridgehead atoms. The molecule has 0 spiro atoms. The van der Waals surface area contributed by atoms with Crippen LogP contribution < -0.4 is 5.32 Å². The highest BCUT2D eigenvalue weighted by Crippen LogP contribution is 1.94. The van der Waals surface area contributed by atoms with Crippen LogP contribution in [0.2, 0.25) is 0 Å². The third-order valence-corrected chi connectivity index (χ3v) is 2.94. The van der Waals surface area contributed by atoms with Crippen molar-refractivity contribution in [3.05, 3.63) is 18.0 Å². The van der Waals surface area contributed by atoms with Gasteiger partial charge in [0.2, 0.25) is 5.91 Å². The molecular formula is C13H24N4O. The second-order valence-corrected chi connectivity index (χ2v) is 4.45. The third kappa shape index (κ3) is 5.31. The number of hydrogen-bond acceptors (Lipinski definition) is 3. The van der Waals surface area contributed by atoms with E-state index in [1.54, 1.807) is 10.9 Å². The van der Waals surface area contributed by atoms with Gasteiger partial charge in [0.25, 0.3) is 0 Å². The highest BCUT2D eigenvalue weighted by Gasteiger charge is 2.03. The molecule has 0 aliphatic rings. The Morgan fingerprint density at radius 1 is 1.44 bits per heavy atom. The number of carbonyl (C=O) groups is 1. The highest BCUT2D eigenvalue weighted by atomic mass is 16.2. The Kier molecular flexibility index (Phi) is 6.43. The van der Waals surface area contributed by atoms with E-state index in [0.29, 0.717) is 6.54 Å². The molecule has 0 aliphatic carbocycles. The lowest BCUT2D eigenvalue weighted by molar-refractivity contribution is -0.121. The van der Waals surface area contributed by atoms with Gasteiger partial charge >= 0.3 is 0 Å². The van der Waals surface area contributed by atoms with Crippen molar-refractivity contribution in [3.8, 4) is 0 Å². The van der Waals surface area contributed by atoms with E-state index in [1.165, 1.54) is 0 Å². The van der Waals surface area contributed by atoms with Crippen LogP contribution in [-0.4, -0.2) is 46.8 Å². The SMILES string of the molecule is CCN(CC)CCCNC(=O)Cn1cc(C)cn1. The number of carbonyl (C=O) groups excluding carboxylic acids is 1. The van der Waals surface area contributed by atoms with Crippen LogP contribution in [0, 0.1) is 6.92 Å². The number of hydrogen-bond donors (Lipinski definition) is 1. The van der Waals surface area contributed by atoms with E-state index < -0.39 is 0 Å². The lowest BCUT2D eigenvalue weighted by Crippen LogP contribution is -2.31. The van der Waals surface area contributed by atoms with Crippen molar-refractivity contribution in [1.82, 2.24) is 20.0 Å². The third-order valence-electron chi connectivity index (χ3n) is 2.94. The molecular weight excluding hydrogens is 228 g/mol. The molecule has 0 saturated carbocycles. The van der Waals surface area contributed by atoms with Crippen LogP contribution in [0.25, 0.3) is 0 Å². The summed E-state index contributed by atoms with van der Waals surface area (Å²) >= 11 is 0. The first-order valence-corrected chi connectivity index (χ1v) is 6.63. The predicted octanol–water partition coefficient (Wildman–Crippen LogP) is 1.04. The summed E-state index contributed by atoms with van der Waals surface area (Å²) in [6.07, 6.45) is 4.62. The van der Waals surface area contributed by atoms with E-state index in [2.05, 4.69) is 29.2 Å². The van der Waals surface area contributed by atoms with Crippen LogP contribution in [0.1, 0.15) is 25.8 Å². The zero-order valence-electron chi connectivity index (χ0n) is 11.6. The molecule has 5 heteroatoms. The van der Waals surface area contributed by atoms with Gasteiger partial charge in [-0.1, -0.05) is 13.8 Å². The Labute approximate surface area is 109 Å². The van der Waals surface area contributed by atoms with Crippen molar-refractivity contribution in [1.29, 1.82) is 0 Å². The molecule has 1 aromatic heterocycles. The summed E-state index contributed by atoms with van der Waals surface area (Å²) in [5, 5.41) is 7.00. The molecule has 0 unspecified atom stereocenters. The van der Waals surface area contributed by atoms with E-state index >= 15 is 0 Å². The van der Waals surface area contributed by atoms with Gasteiger partial charge in [-0.15, -0.1) is 0 Å². The standard InChI is InChI=1S/C13H24N4O/c1-4-16(5-2)8-6-7-14-13(18)11-17-10-12(3)9-15-17/h9-10H,4-8,11H2,1-3H3,(H,14,18). The van der Waals surface area contributed by atoms with Gasteiger partial charge in [0.05, 0.1) is 6.20 Å². The topological polar surface area (TPSA) is 50.2 Å². The quantitative estimate of drug-likeness (QED) is 0.703. The predicted molar refractivity (Wildman–Crippen MR) is 72.4 cm³/mol. The second-order valence-electron chi connectivity index (χ2n) is 4.45. The lowest BCUT2D eigenvalue weighted by Gasteiger charge is -2.17. The molecule has 1 N–H and O–H groups in total. The van der Waals surface area contributed by atoms with Crippen LogP contribution in [-0.2, 0) is 11.3 Å². The van der Waals surface area contributed by atoms with Crippen molar-refractivity contribution in [2.75, 3.05) is 26.2 Å². The fraction of sp³-hybridized carbons (Fsp3) is 0.692. The molecule has 1 aromatic rings. The van der Waals surface area contributed by atoms with Gasteiger partial charge in [0.15, 0.2) is 0 Å². The van der Waals surface area contributed by atoms with Gasteiger partial charge < -0.3 is 10.2 Å². The number of amides is 1. The van der Waals surface area contributed by atoms with E-state index in [9.17, 15) is 4.79 Å². The maximum absolute atomic E-state index is 11.6. The Hall–Kier alpha value is -1.36. The second kappa shape index (κ2) is 7.87. The van der Waals surface area contributed by atoms with E-state index in [1.807, 2.05) is 13.1 Å². The molecule has 0 aromatic carbocycles. The number of aromatic nitrogens is 2. The molecule has 0 aliphatic heterocycles. The summed E-state index contributed by atoms with van der Waals surface area (Å²) < 4.78 is 1.66. The normalized spacial score (nSPS) is 10.9. The Bertz CT molecular complexity index is 358. The van der Waals surface area contributed by atoms with Crippen LogP contribution in [0.4, 0.5) is 0 Å². The first kappa shape index (κ1) is 14.7. The first-order valence-electron chi connectivity index (χ1n) is 6.63. The summed E-state index contributed by atoms with van der Waals surface area (Å²) in [4.78, 5) is 14.0. The van der Waals surface area contributed by atoms with E-state index in [-0.39, 0.29) is 5.91 Å². The molecule has 1 rings (SSSR count). The van der Waals surface area contributed by atoms with Crippen LogP contribution in [0.15, 0.2) is 12.4 Å². The van der Waals surface area contributed by atoms with Crippen molar-refractivity contribution >= 4 is 5.91 Å². The summed E-state index contributed by atoms with van der Waals surface area (Å²) in [6.45, 7) is 10.5. The summed E-state index contributed by atoms with van der Waals surface area (Å²) in [6, 6.07) is 0. The fourth-order valence-corrected chi connectivity index (χ4v) is 1.83. The van der Waals surface area contributed by atoms with Crippen molar-refractivity contribution < 1.29 is 4.79 Å². The average Bonchev–Trinajstić information content (AvgIpc) is 2.75. The zero-order valence-corrected chi connectivity index (χ0v) is 11.6. The van der Waals surface area contributed by atoms with E-state index in [0.717, 1.165) is 38.2 Å². The summed E-state index contributed by atoms with van der Waals surface area (Å²) in [7, 11) is 0. The molecule has 1 amide bonds. The highest BCUT2D eigenvalue weighted by molar-refractivity contribution is 5.75. The molecule has 0 fully saturated rings. The Morgan fingerprint density at radius 3 is 2.72 bits per heavy atom. The molecule has 0 radical (unpaired) electrons. The number of nitrogens with one attached hydrogen (secondary N) is 1. The van der Waals surface area contributed by atoms with Crippen molar-refractivity contribution in [2.45, 2.75) is 33.7 Å². The van der Waals surface area contributed by atoms with Gasteiger partial charge in [-0.05, 0) is 38.5 Å². The molecule has 102 valence electrons. The summed E-state index contributed by atoms with van der Waals surface area (Å²) in [5.41, 5.74) is 1.07. The molecule has 1 heterocycles. The monoisotopic (exact) mass is 252 g/mol. The Morgan fingerprint density at radius 2 is 2.17 bits per heavy atom. The Balaban J connectivity index is 2.14. The maximum Gasteiger partial charge on any atom is 0.241 e. The fourth-order valence-electron chi connectivity index (χ4n) is 1.83. The van der Waals surface area contributed by atoms with Crippen molar-refractivity contribution in [3.63, 3.8) is 0 Å². The molecule has 5 nitrogen and oxygen atoms in total. The largest absolute Gasteiger partial charge is 0.354 e. The lowest BCUT2D eigenvalue weighted by atomic mass is 10.3. The minimum absolute atomic E-state index is 0.0256. The molecule has 0 saturated heterocycles. The minimum Gasteiger partial charge on any atom is -0.354 e. The molecule has 18 heavy (non-hydrogen) atoms. The van der Waals surface area contributed by atoms with E-state index in [4.69, 9.17) is 0 Å². The van der Waals surface area contributed by atoms with Gasteiger partial charge in [-0.25, -0.2) is 0 Å². The van der Waals surface area contributed by atoms with Crippen LogP contribution in [0.5, 0.6) is 0 Å². The number of aryl methyl sites for hydroxylation is 1. The smallest absolute Gasteiger partial charge is 0.241 e. The van der Waals surface area contributed by atoms with Crippen LogP contribution >= 0.6 is 0 Å². The number of nitrogens with zero attached hydrogens (tertiary/aromatic N) is 3. The van der Waals surface area contributed by atoms with Crippen LogP contribution in [0.3, 0.4) is 0 Å². The summed E-state index contributed by atoms with van der Waals surface area (Å²) in [5.74, 6) is 0.0256.